The Morgan fingerprint density at radius 3 is 2.86 bits per heavy atom. The number of thioether (sulfide) groups is 1. The molecule has 10 heteroatoms. The molecule has 2 saturated heterocycles. The maximum Gasteiger partial charge on any atom is 0.410 e. The van der Waals surface area contributed by atoms with Crippen LogP contribution in [0.1, 0.15) is 27.2 Å². The highest BCUT2D eigenvalue weighted by Gasteiger charge is 2.55. The van der Waals surface area contributed by atoms with Crippen molar-refractivity contribution in [2.75, 3.05) is 18.1 Å². The summed E-state index contributed by atoms with van der Waals surface area (Å²) in [7, 11) is 0. The first-order valence-corrected chi connectivity index (χ1v) is 11.9. The van der Waals surface area contributed by atoms with Gasteiger partial charge in [-0.2, -0.15) is 0 Å². The molecule has 29 heavy (non-hydrogen) atoms. The molecule has 1 N–H and O–H groups in total. The molecule has 2 aliphatic heterocycles. The molecule has 0 radical (unpaired) electrons. The van der Waals surface area contributed by atoms with Crippen LogP contribution in [0.25, 0.3) is 10.9 Å². The SMILES string of the molecule is CSc1nc2c(F)c(Cl)ncc2c(NC2C3CC2N(C(=O)OC(C)(C)C)C3)c1I. The van der Waals surface area contributed by atoms with Gasteiger partial charge < -0.3 is 15.0 Å². The van der Waals surface area contributed by atoms with Gasteiger partial charge in [0.05, 0.1) is 21.3 Å². The van der Waals surface area contributed by atoms with E-state index >= 15 is 0 Å². The number of carbonyl (C=O) groups excluding carboxylic acids is 1. The molecule has 0 aromatic carbocycles. The summed E-state index contributed by atoms with van der Waals surface area (Å²) in [5.41, 5.74) is 0.459. The van der Waals surface area contributed by atoms with E-state index in [1.807, 2.05) is 27.0 Å². The predicted molar refractivity (Wildman–Crippen MR) is 121 cm³/mol. The third-order valence-corrected chi connectivity index (χ3v) is 7.63. The normalized spacial score (nSPS) is 23.3. The monoisotopic (exact) mass is 550 g/mol. The molecule has 1 amide bonds. The maximum atomic E-state index is 14.6. The largest absolute Gasteiger partial charge is 0.444 e. The van der Waals surface area contributed by atoms with Crippen LogP contribution in [0.2, 0.25) is 5.15 Å². The first-order chi connectivity index (χ1) is 13.6. The minimum absolute atomic E-state index is 0.0525. The fraction of sp³-hybridized carbons (Fsp3) is 0.526. The molecule has 3 atom stereocenters. The highest BCUT2D eigenvalue weighted by Crippen LogP contribution is 2.45. The van der Waals surface area contributed by atoms with E-state index < -0.39 is 11.4 Å². The molecule has 2 aromatic rings. The van der Waals surface area contributed by atoms with Crippen molar-refractivity contribution in [1.82, 2.24) is 14.9 Å². The first-order valence-electron chi connectivity index (χ1n) is 9.24. The average molecular weight is 551 g/mol. The van der Waals surface area contributed by atoms with Gasteiger partial charge in [0.1, 0.15) is 16.1 Å². The summed E-state index contributed by atoms with van der Waals surface area (Å²) in [5.74, 6) is -0.291. The molecule has 0 spiro atoms. The Kier molecular flexibility index (Phi) is 5.52. The number of aromatic nitrogens is 2. The van der Waals surface area contributed by atoms with Gasteiger partial charge in [-0.1, -0.05) is 11.6 Å². The Hall–Kier alpha value is -1.07. The van der Waals surface area contributed by atoms with E-state index in [1.54, 1.807) is 11.1 Å². The Balaban J connectivity index is 1.65. The number of halogens is 3. The Morgan fingerprint density at radius 2 is 2.21 bits per heavy atom. The maximum absolute atomic E-state index is 14.6. The molecule has 1 aliphatic carbocycles. The molecule has 3 fully saturated rings. The van der Waals surface area contributed by atoms with E-state index in [1.165, 1.54) is 11.8 Å². The van der Waals surface area contributed by atoms with Crippen molar-refractivity contribution < 1.29 is 13.9 Å². The van der Waals surface area contributed by atoms with Gasteiger partial charge in [-0.3, -0.25) is 0 Å². The van der Waals surface area contributed by atoms with Crippen molar-refractivity contribution in [3.8, 4) is 0 Å². The second-order valence-corrected chi connectivity index (χ2v) is 10.5. The van der Waals surface area contributed by atoms with E-state index in [4.69, 9.17) is 16.3 Å². The van der Waals surface area contributed by atoms with Gasteiger partial charge in [0, 0.05) is 24.0 Å². The molecule has 3 unspecified atom stereocenters. The molecule has 1 saturated carbocycles. The molecule has 2 bridgehead atoms. The lowest BCUT2D eigenvalue weighted by Gasteiger charge is -2.38. The van der Waals surface area contributed by atoms with Crippen molar-refractivity contribution >= 4 is 68.6 Å². The lowest BCUT2D eigenvalue weighted by molar-refractivity contribution is 0.0239. The number of hydrogen-bond acceptors (Lipinski definition) is 6. The van der Waals surface area contributed by atoms with Gasteiger partial charge in [-0.05, 0) is 56.0 Å². The minimum Gasteiger partial charge on any atom is -0.444 e. The molecule has 156 valence electrons. The van der Waals surface area contributed by atoms with E-state index in [0.717, 1.165) is 20.7 Å². The molecule has 5 rings (SSSR count). The summed E-state index contributed by atoms with van der Waals surface area (Å²) in [6, 6.07) is 0.131. The van der Waals surface area contributed by atoms with Crippen LogP contribution < -0.4 is 5.32 Å². The van der Waals surface area contributed by atoms with E-state index in [-0.39, 0.29) is 28.8 Å². The Labute approximate surface area is 191 Å². The zero-order chi connectivity index (χ0) is 21.1. The highest BCUT2D eigenvalue weighted by molar-refractivity contribution is 14.1. The minimum atomic E-state index is -0.620. The van der Waals surface area contributed by atoms with Crippen LogP contribution in [-0.4, -0.2) is 51.4 Å². The van der Waals surface area contributed by atoms with Crippen LogP contribution in [0.15, 0.2) is 11.2 Å². The number of nitrogens with zero attached hydrogens (tertiary/aromatic N) is 3. The second-order valence-electron chi connectivity index (χ2n) is 8.30. The second kappa shape index (κ2) is 7.56. The fourth-order valence-electron chi connectivity index (χ4n) is 3.93. The number of anilines is 1. The van der Waals surface area contributed by atoms with Crippen LogP contribution in [-0.2, 0) is 4.74 Å². The van der Waals surface area contributed by atoms with Crippen molar-refractivity contribution in [3.05, 3.63) is 20.7 Å². The van der Waals surface area contributed by atoms with E-state index in [2.05, 4.69) is 37.9 Å². The van der Waals surface area contributed by atoms with Crippen LogP contribution in [0.4, 0.5) is 14.9 Å². The molecular formula is C19H21ClFIN4O2S. The van der Waals surface area contributed by atoms with Gasteiger partial charge in [-0.25, -0.2) is 19.2 Å². The molecule has 4 heterocycles. The number of amides is 1. The van der Waals surface area contributed by atoms with Crippen molar-refractivity contribution in [2.45, 2.75) is 49.9 Å². The number of rotatable bonds is 3. The summed E-state index contributed by atoms with van der Waals surface area (Å²) in [6.45, 7) is 6.25. The number of fused-ring (bicyclic) bond motifs is 2. The Bertz CT molecular complexity index is 1000. The van der Waals surface area contributed by atoms with Gasteiger partial charge in [0.2, 0.25) is 0 Å². The number of pyridine rings is 2. The average Bonchev–Trinajstić information content (AvgIpc) is 3.22. The van der Waals surface area contributed by atoms with E-state index in [0.29, 0.717) is 17.8 Å². The topological polar surface area (TPSA) is 67.4 Å². The molecule has 3 aliphatic rings. The van der Waals surface area contributed by atoms with Crippen LogP contribution in [0.3, 0.4) is 0 Å². The number of hydrogen-bond donors (Lipinski definition) is 1. The summed E-state index contributed by atoms with van der Waals surface area (Å²) in [5, 5.41) is 4.68. The van der Waals surface area contributed by atoms with Gasteiger partial charge >= 0.3 is 6.09 Å². The smallest absolute Gasteiger partial charge is 0.410 e. The van der Waals surface area contributed by atoms with Crippen LogP contribution >= 0.6 is 46.0 Å². The number of ether oxygens (including phenoxy) is 1. The third kappa shape index (κ3) is 3.74. The van der Waals surface area contributed by atoms with Crippen molar-refractivity contribution in [2.24, 2.45) is 5.92 Å². The van der Waals surface area contributed by atoms with Crippen molar-refractivity contribution in [3.63, 3.8) is 0 Å². The zero-order valence-corrected chi connectivity index (χ0v) is 20.2. The summed E-state index contributed by atoms with van der Waals surface area (Å²) < 4.78 is 21.0. The van der Waals surface area contributed by atoms with Gasteiger partial charge in [0.25, 0.3) is 0 Å². The van der Waals surface area contributed by atoms with Crippen LogP contribution in [0, 0.1) is 15.3 Å². The Morgan fingerprint density at radius 1 is 1.48 bits per heavy atom. The third-order valence-electron chi connectivity index (χ3n) is 5.27. The predicted octanol–water partition coefficient (Wildman–Crippen LogP) is 5.17. The molecule has 6 nitrogen and oxygen atoms in total. The molecular weight excluding hydrogens is 530 g/mol. The van der Waals surface area contributed by atoms with Crippen molar-refractivity contribution in [1.29, 1.82) is 0 Å². The fourth-order valence-corrected chi connectivity index (χ4v) is 5.76. The molecule has 2 aromatic heterocycles. The standard InChI is InChI=1S/C19H21ClFIN4O2S/c1-19(2,3)28-18(27)26-7-8-5-10(26)13(8)24-15-9-6-23-16(20)11(21)14(9)25-17(29-4)12(15)22/h6,8,10,13H,5,7H2,1-4H3,(H,24,25). The summed E-state index contributed by atoms with van der Waals surface area (Å²) >= 11 is 9.54. The van der Waals surface area contributed by atoms with Gasteiger partial charge in [0.15, 0.2) is 11.0 Å². The quantitative estimate of drug-likeness (QED) is 0.323. The number of nitrogens with one attached hydrogen (secondary N) is 1. The van der Waals surface area contributed by atoms with Crippen LogP contribution in [0.5, 0.6) is 0 Å². The number of carbonyl (C=O) groups is 1. The lowest BCUT2D eigenvalue weighted by atomic mass is 9.80. The summed E-state index contributed by atoms with van der Waals surface area (Å²) in [4.78, 5) is 22.7. The zero-order valence-electron chi connectivity index (χ0n) is 16.4. The lowest BCUT2D eigenvalue weighted by Crippen LogP contribution is -2.50. The van der Waals surface area contributed by atoms with E-state index in [9.17, 15) is 9.18 Å². The first kappa shape index (κ1) is 21.2. The highest BCUT2D eigenvalue weighted by atomic mass is 127. The summed E-state index contributed by atoms with van der Waals surface area (Å²) in [6.07, 6.45) is 4.10. The van der Waals surface area contributed by atoms with Gasteiger partial charge in [-0.15, -0.1) is 11.8 Å².